The number of aliphatic hydroxyl groups is 1. The van der Waals surface area contributed by atoms with Crippen LogP contribution in [0.4, 0.5) is 5.82 Å². The van der Waals surface area contributed by atoms with Gasteiger partial charge in [-0.1, -0.05) is 0 Å². The molecule has 0 aromatic carbocycles. The van der Waals surface area contributed by atoms with E-state index in [1.807, 2.05) is 4.90 Å². The number of hydrogen-bond donors (Lipinski definition) is 1. The fraction of sp³-hybridized carbons (Fsp3) is 0.538. The zero-order valence-corrected chi connectivity index (χ0v) is 10.3. The molecule has 5 nitrogen and oxygen atoms in total. The molecule has 1 aromatic heterocycles. The minimum atomic E-state index is -0.539. The highest BCUT2D eigenvalue weighted by Crippen LogP contribution is 2.45. The number of carbonyl (C=O) groups is 1. The predicted octanol–water partition coefficient (Wildman–Crippen LogP) is 0.829. The van der Waals surface area contributed by atoms with Crippen molar-refractivity contribution < 1.29 is 14.6 Å². The van der Waals surface area contributed by atoms with Gasteiger partial charge in [-0.05, 0) is 30.9 Å². The monoisotopic (exact) mass is 248 g/mol. The van der Waals surface area contributed by atoms with Crippen LogP contribution in [0.5, 0.6) is 0 Å². The number of β-amino-alcohol motifs (C(OH)–C–C–N with tert-alkyl or cyclic N) is 1. The highest BCUT2D eigenvalue weighted by Gasteiger charge is 2.52. The summed E-state index contributed by atoms with van der Waals surface area (Å²) < 4.78 is 4.68. The van der Waals surface area contributed by atoms with Crippen LogP contribution in [0.2, 0.25) is 0 Å². The lowest BCUT2D eigenvalue weighted by molar-refractivity contribution is -0.00974. The summed E-state index contributed by atoms with van der Waals surface area (Å²) in [7, 11) is 1.36. The molecule has 1 saturated carbocycles. The number of aromatic nitrogens is 1. The number of nitrogens with zero attached hydrogens (tertiary/aromatic N) is 2. The molecule has 2 aliphatic rings. The van der Waals surface area contributed by atoms with E-state index in [9.17, 15) is 9.90 Å². The number of esters is 1. The van der Waals surface area contributed by atoms with Crippen molar-refractivity contribution in [2.24, 2.45) is 5.92 Å². The lowest BCUT2D eigenvalue weighted by Crippen LogP contribution is -2.63. The Labute approximate surface area is 105 Å². The van der Waals surface area contributed by atoms with Crippen LogP contribution in [-0.4, -0.2) is 41.9 Å². The molecule has 1 N–H and O–H groups in total. The Morgan fingerprint density at radius 3 is 2.89 bits per heavy atom. The third-order valence-electron chi connectivity index (χ3n) is 3.76. The molecule has 1 aliphatic carbocycles. The molecule has 1 saturated heterocycles. The number of anilines is 1. The molecule has 1 aliphatic heterocycles. The predicted molar refractivity (Wildman–Crippen MR) is 65.5 cm³/mol. The Kier molecular flexibility index (Phi) is 2.52. The maximum Gasteiger partial charge on any atom is 0.338 e. The van der Waals surface area contributed by atoms with Gasteiger partial charge in [0.25, 0.3) is 0 Å². The number of methoxy groups -OCH3 is 1. The largest absolute Gasteiger partial charge is 0.465 e. The van der Waals surface area contributed by atoms with E-state index in [1.165, 1.54) is 7.11 Å². The molecule has 0 unspecified atom stereocenters. The number of rotatable bonds is 3. The Bertz CT molecular complexity index is 479. The van der Waals surface area contributed by atoms with Crippen molar-refractivity contribution in [1.82, 2.24) is 4.98 Å². The van der Waals surface area contributed by atoms with Gasteiger partial charge < -0.3 is 14.7 Å². The van der Waals surface area contributed by atoms with Crippen molar-refractivity contribution in [1.29, 1.82) is 0 Å². The summed E-state index contributed by atoms with van der Waals surface area (Å²) in [6, 6.07) is 3.33. The second-order valence-corrected chi connectivity index (χ2v) is 5.13. The molecule has 18 heavy (non-hydrogen) atoms. The van der Waals surface area contributed by atoms with Crippen LogP contribution in [0.25, 0.3) is 0 Å². The van der Waals surface area contributed by atoms with Gasteiger partial charge in [0.15, 0.2) is 0 Å². The van der Waals surface area contributed by atoms with E-state index in [2.05, 4.69) is 9.72 Å². The zero-order chi connectivity index (χ0) is 12.8. The van der Waals surface area contributed by atoms with Crippen LogP contribution in [0.1, 0.15) is 23.2 Å². The third-order valence-corrected chi connectivity index (χ3v) is 3.76. The Morgan fingerprint density at radius 1 is 1.56 bits per heavy atom. The summed E-state index contributed by atoms with van der Waals surface area (Å²) >= 11 is 0. The highest BCUT2D eigenvalue weighted by atomic mass is 16.5. The molecule has 5 heteroatoms. The van der Waals surface area contributed by atoms with Crippen LogP contribution in [0.3, 0.4) is 0 Å². The van der Waals surface area contributed by atoms with Gasteiger partial charge in [0, 0.05) is 6.20 Å². The molecule has 3 rings (SSSR count). The van der Waals surface area contributed by atoms with Gasteiger partial charge in [-0.25, -0.2) is 9.78 Å². The molecular formula is C13H16N2O3. The van der Waals surface area contributed by atoms with E-state index < -0.39 is 5.60 Å². The second-order valence-electron chi connectivity index (χ2n) is 5.13. The second kappa shape index (κ2) is 3.95. The Morgan fingerprint density at radius 2 is 2.28 bits per heavy atom. The van der Waals surface area contributed by atoms with Gasteiger partial charge in [-0.2, -0.15) is 0 Å². The first-order valence-corrected chi connectivity index (χ1v) is 6.14. The fourth-order valence-electron chi connectivity index (χ4n) is 2.49. The summed E-state index contributed by atoms with van der Waals surface area (Å²) in [5.74, 6) is 0.817. The summed E-state index contributed by atoms with van der Waals surface area (Å²) in [6.45, 7) is 1.21. The van der Waals surface area contributed by atoms with Crippen molar-refractivity contribution in [2.75, 3.05) is 25.1 Å². The van der Waals surface area contributed by atoms with Crippen molar-refractivity contribution >= 4 is 11.8 Å². The van der Waals surface area contributed by atoms with Crippen LogP contribution in [0.15, 0.2) is 18.3 Å². The number of pyridine rings is 1. The average molecular weight is 248 g/mol. The van der Waals surface area contributed by atoms with Gasteiger partial charge in [0.2, 0.25) is 0 Å². The number of ether oxygens (including phenoxy) is 1. The molecule has 0 radical (unpaired) electrons. The standard InChI is InChI=1S/C13H16N2O3/c1-18-12(16)9-4-5-14-11(6-9)15-7-13(17,8-15)10-2-3-10/h4-6,10,17H,2-3,7-8H2,1H3. The van der Waals surface area contributed by atoms with Crippen LogP contribution < -0.4 is 4.90 Å². The first-order chi connectivity index (χ1) is 8.62. The summed E-state index contributed by atoms with van der Waals surface area (Å²) in [5, 5.41) is 10.2. The van der Waals surface area contributed by atoms with Crippen LogP contribution >= 0.6 is 0 Å². The Hall–Kier alpha value is -1.62. The van der Waals surface area contributed by atoms with Gasteiger partial charge in [-0.15, -0.1) is 0 Å². The first-order valence-electron chi connectivity index (χ1n) is 6.14. The molecule has 2 fully saturated rings. The molecule has 0 bridgehead atoms. The van der Waals surface area contributed by atoms with E-state index in [4.69, 9.17) is 0 Å². The molecule has 0 atom stereocenters. The van der Waals surface area contributed by atoms with Gasteiger partial charge >= 0.3 is 5.97 Å². The molecule has 2 heterocycles. The highest BCUT2D eigenvalue weighted by molar-refractivity contribution is 5.90. The van der Waals surface area contributed by atoms with E-state index in [0.29, 0.717) is 24.6 Å². The molecule has 96 valence electrons. The SMILES string of the molecule is COC(=O)c1ccnc(N2CC(O)(C3CC3)C2)c1. The molecule has 0 spiro atoms. The van der Waals surface area contributed by atoms with E-state index in [1.54, 1.807) is 18.3 Å². The molecular weight excluding hydrogens is 232 g/mol. The minimum Gasteiger partial charge on any atom is -0.465 e. The fourth-order valence-corrected chi connectivity index (χ4v) is 2.49. The van der Waals surface area contributed by atoms with Crippen molar-refractivity contribution in [3.63, 3.8) is 0 Å². The van der Waals surface area contributed by atoms with E-state index in [-0.39, 0.29) is 5.97 Å². The normalized spacial score (nSPS) is 21.3. The number of hydrogen-bond acceptors (Lipinski definition) is 5. The lowest BCUT2D eigenvalue weighted by Gasteiger charge is -2.47. The van der Waals surface area contributed by atoms with Crippen molar-refractivity contribution in [2.45, 2.75) is 18.4 Å². The van der Waals surface area contributed by atoms with E-state index >= 15 is 0 Å². The molecule has 0 amide bonds. The zero-order valence-electron chi connectivity index (χ0n) is 10.3. The van der Waals surface area contributed by atoms with Gasteiger partial charge in [-0.3, -0.25) is 0 Å². The molecule has 1 aromatic rings. The van der Waals surface area contributed by atoms with Crippen LogP contribution in [0, 0.1) is 5.92 Å². The quantitative estimate of drug-likeness (QED) is 0.803. The van der Waals surface area contributed by atoms with Crippen LogP contribution in [-0.2, 0) is 4.74 Å². The van der Waals surface area contributed by atoms with Crippen molar-refractivity contribution in [3.05, 3.63) is 23.9 Å². The summed E-state index contributed by atoms with van der Waals surface area (Å²) in [4.78, 5) is 17.6. The maximum absolute atomic E-state index is 11.4. The van der Waals surface area contributed by atoms with Gasteiger partial charge in [0.1, 0.15) is 11.4 Å². The van der Waals surface area contributed by atoms with Crippen molar-refractivity contribution in [3.8, 4) is 0 Å². The first kappa shape index (κ1) is 11.5. The smallest absolute Gasteiger partial charge is 0.338 e. The minimum absolute atomic E-state index is 0.364. The maximum atomic E-state index is 11.4. The lowest BCUT2D eigenvalue weighted by atomic mass is 9.89. The summed E-state index contributed by atoms with van der Waals surface area (Å²) in [5.41, 5.74) is -0.0486. The number of carbonyl (C=O) groups excluding carboxylic acids is 1. The summed E-state index contributed by atoms with van der Waals surface area (Å²) in [6.07, 6.45) is 3.84. The third kappa shape index (κ3) is 1.84. The Balaban J connectivity index is 1.72. The average Bonchev–Trinajstić information content (AvgIpc) is 3.18. The van der Waals surface area contributed by atoms with E-state index in [0.717, 1.165) is 18.7 Å². The van der Waals surface area contributed by atoms with Gasteiger partial charge in [0.05, 0.1) is 25.8 Å². The topological polar surface area (TPSA) is 62.7 Å².